The van der Waals surface area contributed by atoms with Crippen molar-refractivity contribution >= 4 is 11.7 Å². The maximum absolute atomic E-state index is 11.4. The summed E-state index contributed by atoms with van der Waals surface area (Å²) in [6, 6.07) is 10.1. The van der Waals surface area contributed by atoms with Gasteiger partial charge in [-0.3, -0.25) is 4.79 Å². The maximum Gasteiger partial charge on any atom is 0.309 e. The molecule has 1 aromatic rings. The summed E-state index contributed by atoms with van der Waals surface area (Å²) in [6.07, 6.45) is 2.34. The third-order valence-electron chi connectivity index (χ3n) is 4.27. The van der Waals surface area contributed by atoms with E-state index < -0.39 is 17.5 Å². The second-order valence-electron chi connectivity index (χ2n) is 5.61. The van der Waals surface area contributed by atoms with Crippen LogP contribution < -0.4 is 4.90 Å². The van der Waals surface area contributed by atoms with E-state index in [2.05, 4.69) is 4.90 Å². The Bertz CT molecular complexity index is 438. The molecule has 2 N–H and O–H groups in total. The minimum absolute atomic E-state index is 0.513. The van der Waals surface area contributed by atoms with E-state index in [0.717, 1.165) is 12.1 Å². The number of para-hydroxylation sites is 1. The van der Waals surface area contributed by atoms with E-state index in [1.165, 1.54) is 0 Å². The van der Waals surface area contributed by atoms with Gasteiger partial charge in [0, 0.05) is 18.8 Å². The predicted molar refractivity (Wildman–Crippen MR) is 78.9 cm³/mol. The predicted octanol–water partition coefficient (Wildman–Crippen LogP) is 2.52. The Labute approximate surface area is 120 Å². The maximum atomic E-state index is 11.4. The number of carbonyl (C=O) groups is 1. The molecule has 0 amide bonds. The van der Waals surface area contributed by atoms with E-state index in [0.29, 0.717) is 32.4 Å². The lowest BCUT2D eigenvalue weighted by Crippen LogP contribution is -2.51. The van der Waals surface area contributed by atoms with E-state index in [1.807, 2.05) is 37.3 Å². The zero-order chi connectivity index (χ0) is 14.6. The first-order chi connectivity index (χ1) is 9.57. The van der Waals surface area contributed by atoms with Gasteiger partial charge < -0.3 is 15.1 Å². The zero-order valence-corrected chi connectivity index (χ0v) is 12.0. The van der Waals surface area contributed by atoms with Crippen molar-refractivity contribution in [2.24, 2.45) is 5.92 Å². The fraction of sp³-hybridized carbons (Fsp3) is 0.562. The van der Waals surface area contributed by atoms with Gasteiger partial charge in [-0.2, -0.15) is 0 Å². The molecule has 1 fully saturated rings. The molecule has 0 spiro atoms. The first-order valence-electron chi connectivity index (χ1n) is 7.32. The van der Waals surface area contributed by atoms with E-state index in [9.17, 15) is 15.0 Å². The molecule has 0 aliphatic carbocycles. The molecule has 1 aromatic carbocycles. The Balaban J connectivity index is 2.03. The molecule has 4 heteroatoms. The van der Waals surface area contributed by atoms with Gasteiger partial charge in [0.1, 0.15) is 0 Å². The van der Waals surface area contributed by atoms with Crippen LogP contribution >= 0.6 is 0 Å². The standard InChI is InChI=1S/C16H23NO3/c1-2-6-14(15(18)19)16(20)9-11-17(12-10-16)13-7-4-3-5-8-13/h3-5,7-8,14,20H,2,6,9-12H2,1H3,(H,18,19). The molecule has 0 radical (unpaired) electrons. The van der Waals surface area contributed by atoms with Gasteiger partial charge in [-0.1, -0.05) is 31.5 Å². The Hall–Kier alpha value is -1.55. The lowest BCUT2D eigenvalue weighted by molar-refractivity contribution is -0.154. The second-order valence-corrected chi connectivity index (χ2v) is 5.61. The molecule has 1 atom stereocenters. The number of carboxylic acids is 1. The third-order valence-corrected chi connectivity index (χ3v) is 4.27. The Morgan fingerprint density at radius 2 is 1.90 bits per heavy atom. The third kappa shape index (κ3) is 3.12. The average Bonchev–Trinajstić information content (AvgIpc) is 2.46. The molecule has 0 aromatic heterocycles. The van der Waals surface area contributed by atoms with Crippen LogP contribution in [0.3, 0.4) is 0 Å². The SMILES string of the molecule is CCCC(C(=O)O)C1(O)CCN(c2ccccc2)CC1. The van der Waals surface area contributed by atoms with Crippen LogP contribution in [0.1, 0.15) is 32.6 Å². The second kappa shape index (κ2) is 6.27. The molecular weight excluding hydrogens is 254 g/mol. The van der Waals surface area contributed by atoms with Crippen LogP contribution in [-0.4, -0.2) is 34.9 Å². The fourth-order valence-electron chi connectivity index (χ4n) is 3.05. The minimum atomic E-state index is -1.06. The average molecular weight is 277 g/mol. The van der Waals surface area contributed by atoms with Crippen molar-refractivity contribution < 1.29 is 15.0 Å². The first kappa shape index (κ1) is 14.9. The highest BCUT2D eigenvalue weighted by Crippen LogP contribution is 2.34. The number of aliphatic carboxylic acids is 1. The summed E-state index contributed by atoms with van der Waals surface area (Å²) in [5.41, 5.74) is 0.0737. The number of hydrogen-bond acceptors (Lipinski definition) is 3. The summed E-state index contributed by atoms with van der Waals surface area (Å²) < 4.78 is 0. The minimum Gasteiger partial charge on any atom is -0.481 e. The summed E-state index contributed by atoms with van der Waals surface area (Å²) in [5, 5.41) is 20.0. The number of rotatable bonds is 5. The first-order valence-corrected chi connectivity index (χ1v) is 7.32. The summed E-state index contributed by atoms with van der Waals surface area (Å²) in [7, 11) is 0. The Morgan fingerprint density at radius 3 is 2.40 bits per heavy atom. The van der Waals surface area contributed by atoms with Crippen LogP contribution in [0.4, 0.5) is 5.69 Å². The highest BCUT2D eigenvalue weighted by atomic mass is 16.4. The monoisotopic (exact) mass is 277 g/mol. The number of benzene rings is 1. The van der Waals surface area contributed by atoms with Crippen LogP contribution in [-0.2, 0) is 4.79 Å². The molecule has 1 heterocycles. The van der Waals surface area contributed by atoms with Gasteiger partial charge in [0.05, 0.1) is 11.5 Å². The van der Waals surface area contributed by atoms with E-state index in [4.69, 9.17) is 0 Å². The molecule has 20 heavy (non-hydrogen) atoms. The van der Waals surface area contributed by atoms with Crippen molar-refractivity contribution in [3.63, 3.8) is 0 Å². The number of carboxylic acid groups (broad SMARTS) is 1. The molecule has 110 valence electrons. The van der Waals surface area contributed by atoms with Gasteiger partial charge in [-0.15, -0.1) is 0 Å². The van der Waals surface area contributed by atoms with Gasteiger partial charge in [-0.25, -0.2) is 0 Å². The number of anilines is 1. The van der Waals surface area contributed by atoms with Crippen molar-refractivity contribution in [3.8, 4) is 0 Å². The highest BCUT2D eigenvalue weighted by Gasteiger charge is 2.43. The van der Waals surface area contributed by atoms with Crippen LogP contribution in [0.25, 0.3) is 0 Å². The van der Waals surface area contributed by atoms with E-state index in [-0.39, 0.29) is 0 Å². The number of aliphatic hydroxyl groups is 1. The van der Waals surface area contributed by atoms with Crippen LogP contribution in [0.5, 0.6) is 0 Å². The largest absolute Gasteiger partial charge is 0.481 e. The quantitative estimate of drug-likeness (QED) is 0.868. The Kier molecular flexibility index (Phi) is 4.65. The number of hydrogen-bond donors (Lipinski definition) is 2. The molecule has 1 aliphatic rings. The molecule has 1 unspecified atom stereocenters. The van der Waals surface area contributed by atoms with Crippen molar-refractivity contribution in [2.75, 3.05) is 18.0 Å². The van der Waals surface area contributed by atoms with Gasteiger partial charge in [0.15, 0.2) is 0 Å². The summed E-state index contributed by atoms with van der Waals surface area (Å²) in [6.45, 7) is 3.36. The van der Waals surface area contributed by atoms with Crippen molar-refractivity contribution in [1.82, 2.24) is 0 Å². The topological polar surface area (TPSA) is 60.8 Å². The zero-order valence-electron chi connectivity index (χ0n) is 12.0. The molecule has 2 rings (SSSR count). The number of piperidine rings is 1. The molecule has 0 bridgehead atoms. The fourth-order valence-corrected chi connectivity index (χ4v) is 3.05. The van der Waals surface area contributed by atoms with Crippen LogP contribution in [0.2, 0.25) is 0 Å². The van der Waals surface area contributed by atoms with Crippen molar-refractivity contribution in [1.29, 1.82) is 0 Å². The normalized spacial score (nSPS) is 19.6. The van der Waals surface area contributed by atoms with Crippen molar-refractivity contribution in [3.05, 3.63) is 30.3 Å². The lowest BCUT2D eigenvalue weighted by Gasteiger charge is -2.42. The number of nitrogens with zero attached hydrogens (tertiary/aromatic N) is 1. The smallest absolute Gasteiger partial charge is 0.309 e. The van der Waals surface area contributed by atoms with E-state index >= 15 is 0 Å². The Morgan fingerprint density at radius 1 is 1.30 bits per heavy atom. The highest BCUT2D eigenvalue weighted by molar-refractivity contribution is 5.71. The van der Waals surface area contributed by atoms with E-state index in [1.54, 1.807) is 0 Å². The summed E-state index contributed by atoms with van der Waals surface area (Å²) in [5.74, 6) is -1.52. The molecular formula is C16H23NO3. The lowest BCUT2D eigenvalue weighted by atomic mass is 9.77. The summed E-state index contributed by atoms with van der Waals surface area (Å²) in [4.78, 5) is 13.6. The van der Waals surface area contributed by atoms with Crippen LogP contribution in [0, 0.1) is 5.92 Å². The van der Waals surface area contributed by atoms with Gasteiger partial charge in [0.25, 0.3) is 0 Å². The van der Waals surface area contributed by atoms with Crippen molar-refractivity contribution in [2.45, 2.75) is 38.2 Å². The van der Waals surface area contributed by atoms with Gasteiger partial charge in [-0.05, 0) is 31.4 Å². The molecule has 0 saturated carbocycles. The van der Waals surface area contributed by atoms with Crippen LogP contribution in [0.15, 0.2) is 30.3 Å². The van der Waals surface area contributed by atoms with Gasteiger partial charge >= 0.3 is 5.97 Å². The molecule has 4 nitrogen and oxygen atoms in total. The molecule has 1 saturated heterocycles. The summed E-state index contributed by atoms with van der Waals surface area (Å²) >= 11 is 0. The molecule has 1 aliphatic heterocycles. The van der Waals surface area contributed by atoms with Gasteiger partial charge in [0.2, 0.25) is 0 Å².